The van der Waals surface area contributed by atoms with Crippen LogP contribution in [0.25, 0.3) is 0 Å². The number of hydrogen-bond donors (Lipinski definition) is 1. The van der Waals surface area contributed by atoms with Gasteiger partial charge in [-0.15, -0.1) is 0 Å². The molecule has 0 spiro atoms. The summed E-state index contributed by atoms with van der Waals surface area (Å²) in [4.78, 5) is 0. The lowest BCUT2D eigenvalue weighted by atomic mass is 9.85. The molecule has 0 saturated carbocycles. The fourth-order valence-electron chi connectivity index (χ4n) is 2.44. The molecule has 88 valence electrons. The summed E-state index contributed by atoms with van der Waals surface area (Å²) in [6, 6.07) is 5.26. The van der Waals surface area contributed by atoms with Gasteiger partial charge in [-0.25, -0.2) is 8.78 Å². The molecule has 2 N–H and O–H groups in total. The predicted molar refractivity (Wildman–Crippen MR) is 60.6 cm³/mol. The van der Waals surface area contributed by atoms with Gasteiger partial charge in [-0.2, -0.15) is 0 Å². The van der Waals surface area contributed by atoms with Crippen molar-refractivity contribution in [3.8, 4) is 0 Å². The lowest BCUT2D eigenvalue weighted by Crippen LogP contribution is -2.22. The maximum absolute atomic E-state index is 13.9. The van der Waals surface area contributed by atoms with E-state index in [4.69, 9.17) is 5.73 Å². The third-order valence-electron chi connectivity index (χ3n) is 3.25. The van der Waals surface area contributed by atoms with Gasteiger partial charge in [0.05, 0.1) is 0 Å². The second-order valence-corrected chi connectivity index (χ2v) is 4.39. The average molecular weight is 225 g/mol. The molecule has 0 aliphatic heterocycles. The van der Waals surface area contributed by atoms with Crippen LogP contribution in [0.2, 0.25) is 0 Å². The van der Waals surface area contributed by atoms with Gasteiger partial charge in [-0.1, -0.05) is 18.2 Å². The van der Waals surface area contributed by atoms with Crippen molar-refractivity contribution in [3.63, 3.8) is 0 Å². The molecule has 0 atom stereocenters. The number of fused-ring (bicyclic) bond motifs is 1. The van der Waals surface area contributed by atoms with Gasteiger partial charge in [0.25, 0.3) is 5.92 Å². The molecule has 0 radical (unpaired) electrons. The molecule has 2 rings (SSSR count). The fourth-order valence-corrected chi connectivity index (χ4v) is 2.44. The Morgan fingerprint density at radius 3 is 2.69 bits per heavy atom. The van der Waals surface area contributed by atoms with E-state index < -0.39 is 5.92 Å². The molecule has 1 aromatic carbocycles. The standard InChI is InChI=1S/C13H17F2N/c14-13(15,8-9-16)12-7-3-5-10-4-1-2-6-11(10)12/h3,5,7H,1-2,4,6,8-9,16H2. The summed E-state index contributed by atoms with van der Waals surface area (Å²) >= 11 is 0. The van der Waals surface area contributed by atoms with Gasteiger partial charge in [0.2, 0.25) is 0 Å². The Bertz CT molecular complexity index is 374. The quantitative estimate of drug-likeness (QED) is 0.840. The minimum Gasteiger partial charge on any atom is -0.330 e. The first-order valence-electron chi connectivity index (χ1n) is 5.84. The summed E-state index contributed by atoms with van der Waals surface area (Å²) in [5.74, 6) is -2.77. The molecular weight excluding hydrogens is 208 g/mol. The SMILES string of the molecule is NCCC(F)(F)c1cccc2c1CCCC2. The van der Waals surface area contributed by atoms with Crippen LogP contribution in [0.3, 0.4) is 0 Å². The number of nitrogens with two attached hydrogens (primary N) is 1. The topological polar surface area (TPSA) is 26.0 Å². The number of hydrogen-bond acceptors (Lipinski definition) is 1. The monoisotopic (exact) mass is 225 g/mol. The van der Waals surface area contributed by atoms with Gasteiger partial charge in [0.15, 0.2) is 0 Å². The highest BCUT2D eigenvalue weighted by atomic mass is 19.3. The van der Waals surface area contributed by atoms with Gasteiger partial charge in [-0.05, 0) is 43.4 Å². The van der Waals surface area contributed by atoms with Gasteiger partial charge in [-0.3, -0.25) is 0 Å². The minimum atomic E-state index is -2.77. The van der Waals surface area contributed by atoms with Crippen molar-refractivity contribution in [1.82, 2.24) is 0 Å². The smallest absolute Gasteiger partial charge is 0.274 e. The zero-order valence-electron chi connectivity index (χ0n) is 9.31. The maximum atomic E-state index is 13.9. The van der Waals surface area contributed by atoms with Crippen molar-refractivity contribution in [2.75, 3.05) is 6.54 Å². The Labute approximate surface area is 94.7 Å². The van der Waals surface area contributed by atoms with Crippen LogP contribution in [0.5, 0.6) is 0 Å². The van der Waals surface area contributed by atoms with E-state index in [1.54, 1.807) is 12.1 Å². The van der Waals surface area contributed by atoms with Crippen molar-refractivity contribution < 1.29 is 8.78 Å². The van der Waals surface area contributed by atoms with Gasteiger partial charge in [0, 0.05) is 12.0 Å². The number of aryl methyl sites for hydroxylation is 1. The molecule has 1 nitrogen and oxygen atoms in total. The first-order chi connectivity index (χ1) is 7.65. The fraction of sp³-hybridized carbons (Fsp3) is 0.538. The van der Waals surface area contributed by atoms with E-state index in [1.807, 2.05) is 6.07 Å². The van der Waals surface area contributed by atoms with Crippen LogP contribution in [0.1, 0.15) is 36.0 Å². The highest BCUT2D eigenvalue weighted by Crippen LogP contribution is 2.37. The van der Waals surface area contributed by atoms with Gasteiger partial charge >= 0.3 is 0 Å². The molecule has 0 fully saturated rings. The van der Waals surface area contributed by atoms with Gasteiger partial charge in [0.1, 0.15) is 0 Å². The van der Waals surface area contributed by atoms with Crippen LogP contribution in [-0.2, 0) is 18.8 Å². The molecule has 0 unspecified atom stereocenters. The third-order valence-corrected chi connectivity index (χ3v) is 3.25. The van der Waals surface area contributed by atoms with E-state index >= 15 is 0 Å². The second kappa shape index (κ2) is 4.50. The zero-order chi connectivity index (χ0) is 11.6. The van der Waals surface area contributed by atoms with Gasteiger partial charge < -0.3 is 5.73 Å². The minimum absolute atomic E-state index is 0.0245. The second-order valence-electron chi connectivity index (χ2n) is 4.39. The summed E-state index contributed by atoms with van der Waals surface area (Å²) in [5.41, 5.74) is 7.42. The number of rotatable bonds is 3. The third kappa shape index (κ3) is 2.09. The summed E-state index contributed by atoms with van der Waals surface area (Å²) in [6.45, 7) is 0.0245. The summed E-state index contributed by atoms with van der Waals surface area (Å²) < 4.78 is 27.7. The summed E-state index contributed by atoms with van der Waals surface area (Å²) in [7, 11) is 0. The summed E-state index contributed by atoms with van der Waals surface area (Å²) in [5, 5.41) is 0. The Kier molecular flexibility index (Phi) is 3.24. The highest BCUT2D eigenvalue weighted by Gasteiger charge is 2.33. The largest absolute Gasteiger partial charge is 0.330 e. The maximum Gasteiger partial charge on any atom is 0.274 e. The molecule has 0 bridgehead atoms. The van der Waals surface area contributed by atoms with E-state index in [9.17, 15) is 8.78 Å². The Hall–Kier alpha value is -0.960. The van der Waals surface area contributed by atoms with E-state index in [-0.39, 0.29) is 18.5 Å². The van der Waals surface area contributed by atoms with Crippen molar-refractivity contribution in [1.29, 1.82) is 0 Å². The molecule has 1 aromatic rings. The van der Waals surface area contributed by atoms with E-state index in [0.717, 1.165) is 36.8 Å². The molecule has 3 heteroatoms. The van der Waals surface area contributed by atoms with Crippen molar-refractivity contribution in [3.05, 3.63) is 34.9 Å². The Morgan fingerprint density at radius 2 is 1.94 bits per heavy atom. The zero-order valence-corrected chi connectivity index (χ0v) is 9.31. The first-order valence-corrected chi connectivity index (χ1v) is 5.84. The predicted octanol–water partition coefficient (Wildman–Crippen LogP) is 3.01. The van der Waals surface area contributed by atoms with Crippen molar-refractivity contribution in [2.24, 2.45) is 5.73 Å². The molecule has 1 aliphatic rings. The van der Waals surface area contributed by atoms with Crippen molar-refractivity contribution >= 4 is 0 Å². The van der Waals surface area contributed by atoms with E-state index in [2.05, 4.69) is 0 Å². The van der Waals surface area contributed by atoms with Crippen molar-refractivity contribution in [2.45, 2.75) is 38.0 Å². The normalized spacial score (nSPS) is 15.9. The molecule has 0 saturated heterocycles. The number of benzene rings is 1. The molecule has 0 amide bonds. The molecule has 0 aromatic heterocycles. The van der Waals surface area contributed by atoms with E-state index in [0.29, 0.717) is 0 Å². The molecule has 16 heavy (non-hydrogen) atoms. The van der Waals surface area contributed by atoms with Crippen LogP contribution < -0.4 is 5.73 Å². The molecule has 0 heterocycles. The van der Waals surface area contributed by atoms with Crippen LogP contribution >= 0.6 is 0 Å². The number of alkyl halides is 2. The van der Waals surface area contributed by atoms with Crippen LogP contribution in [0.4, 0.5) is 8.78 Å². The Morgan fingerprint density at radius 1 is 1.19 bits per heavy atom. The summed E-state index contributed by atoms with van der Waals surface area (Å²) in [6.07, 6.45) is 3.58. The highest BCUT2D eigenvalue weighted by molar-refractivity contribution is 5.39. The van der Waals surface area contributed by atoms with E-state index in [1.165, 1.54) is 0 Å². The first kappa shape index (κ1) is 11.5. The lowest BCUT2D eigenvalue weighted by Gasteiger charge is -2.24. The molecule has 1 aliphatic carbocycles. The number of halogens is 2. The lowest BCUT2D eigenvalue weighted by molar-refractivity contribution is -0.0117. The molecular formula is C13H17F2N. The Balaban J connectivity index is 2.40. The average Bonchev–Trinajstić information content (AvgIpc) is 2.28. The van der Waals surface area contributed by atoms with Crippen LogP contribution in [-0.4, -0.2) is 6.54 Å². The van der Waals surface area contributed by atoms with Crippen LogP contribution in [0.15, 0.2) is 18.2 Å². The van der Waals surface area contributed by atoms with Crippen LogP contribution in [0, 0.1) is 0 Å².